The maximum atomic E-state index is 14.6. The fraction of sp³-hybridized carbons (Fsp3) is 0.353. The number of amides is 2. The first-order chi connectivity index (χ1) is 32.3. The number of phosphoric ester groups is 1. The summed E-state index contributed by atoms with van der Waals surface area (Å²) >= 11 is 11.6. The van der Waals surface area contributed by atoms with Gasteiger partial charge in [-0.1, -0.05) is 104 Å². The van der Waals surface area contributed by atoms with Gasteiger partial charge in [0.25, 0.3) is 11.8 Å². The second-order valence-corrected chi connectivity index (χ2v) is 20.4. The third-order valence-electron chi connectivity index (χ3n) is 12.3. The summed E-state index contributed by atoms with van der Waals surface area (Å²) in [6, 6.07) is 29.8. The third kappa shape index (κ3) is 12.8. The minimum absolute atomic E-state index is 0.0639. The second kappa shape index (κ2) is 21.4. The van der Waals surface area contributed by atoms with Crippen LogP contribution in [0.5, 0.6) is 17.2 Å². The lowest BCUT2D eigenvalue weighted by Gasteiger charge is -2.57. The van der Waals surface area contributed by atoms with Crippen LogP contribution in [0.1, 0.15) is 80.2 Å². The highest BCUT2D eigenvalue weighted by Gasteiger charge is 2.57. The van der Waals surface area contributed by atoms with Crippen molar-refractivity contribution >= 4 is 48.8 Å². The summed E-state index contributed by atoms with van der Waals surface area (Å²) in [6.07, 6.45) is 0.487. The summed E-state index contributed by atoms with van der Waals surface area (Å²) in [5.74, 6) is -2.60. The van der Waals surface area contributed by atoms with Crippen LogP contribution >= 0.6 is 31.0 Å². The number of carbonyl (C=O) groups is 3. The van der Waals surface area contributed by atoms with Gasteiger partial charge >= 0.3 is 13.8 Å². The smallest absolute Gasteiger partial charge is 0.484 e. The number of phosphoric acid groups is 1. The van der Waals surface area contributed by atoms with E-state index in [9.17, 15) is 27.7 Å². The predicted octanol–water partition coefficient (Wildman–Crippen LogP) is 11.2. The number of aryl methyl sites for hydroxylation is 2. The van der Waals surface area contributed by atoms with Gasteiger partial charge in [0, 0.05) is 35.1 Å². The minimum atomic E-state index is -4.33. The molecule has 12 nitrogen and oxygen atoms in total. The van der Waals surface area contributed by atoms with Crippen LogP contribution in [0.25, 0.3) is 0 Å². The topological polar surface area (TPSA) is 148 Å². The fourth-order valence-corrected chi connectivity index (χ4v) is 10.5. The molecule has 0 radical (unpaired) electrons. The number of rotatable bonds is 20. The van der Waals surface area contributed by atoms with Crippen molar-refractivity contribution < 1.29 is 55.5 Å². The van der Waals surface area contributed by atoms with Gasteiger partial charge in [0.2, 0.25) is 0 Å². The van der Waals surface area contributed by atoms with Gasteiger partial charge in [-0.25, -0.2) is 13.3 Å². The van der Waals surface area contributed by atoms with Crippen LogP contribution in [-0.4, -0.2) is 48.2 Å². The Morgan fingerprint density at radius 2 is 1.24 bits per heavy atom. The number of carbonyl (C=O) groups excluding carboxylic acids is 3. The number of benzene rings is 5. The molecular weight excluding hydrogens is 940 g/mol. The number of hydrogen-bond donors (Lipinski definition) is 2. The average Bonchev–Trinajstić information content (AvgIpc) is 3.29. The molecule has 2 amide bonds. The van der Waals surface area contributed by atoms with Gasteiger partial charge in [0.15, 0.2) is 13.2 Å². The molecule has 17 heteroatoms. The summed E-state index contributed by atoms with van der Waals surface area (Å²) in [4.78, 5) is 41.4. The number of esters is 1. The number of fused-ring (bicyclic) bond motifs is 3. The second-order valence-electron chi connectivity index (χ2n) is 18.0. The summed E-state index contributed by atoms with van der Waals surface area (Å²) in [5.41, 5.74) is 0.723. The third-order valence-corrected chi connectivity index (χ3v) is 14.2. The van der Waals surface area contributed by atoms with Crippen LogP contribution in [0, 0.1) is 25.5 Å². The molecule has 3 aliphatic carbocycles. The van der Waals surface area contributed by atoms with Gasteiger partial charge in [0.1, 0.15) is 35.0 Å². The van der Waals surface area contributed by atoms with Crippen molar-refractivity contribution in [3.8, 4) is 17.2 Å². The van der Waals surface area contributed by atoms with E-state index < -0.39 is 73.1 Å². The highest BCUT2D eigenvalue weighted by molar-refractivity contribution is 7.48. The summed E-state index contributed by atoms with van der Waals surface area (Å²) < 4.78 is 78.7. The molecule has 0 spiro atoms. The quantitative estimate of drug-likeness (QED) is 0.0570. The lowest BCUT2D eigenvalue weighted by atomic mass is 9.59. The highest BCUT2D eigenvalue weighted by atomic mass is 35.5. The molecule has 360 valence electrons. The first kappa shape index (κ1) is 50.4. The molecule has 2 bridgehead atoms. The van der Waals surface area contributed by atoms with Crippen molar-refractivity contribution in [1.82, 2.24) is 10.6 Å². The largest absolute Gasteiger partial charge is 0.530 e. The fourth-order valence-electron chi connectivity index (χ4n) is 9.05. The number of hydrogen-bond acceptors (Lipinski definition) is 10. The Morgan fingerprint density at radius 1 is 0.721 bits per heavy atom. The number of ether oxygens (including phenoxy) is 3. The Labute approximate surface area is 404 Å². The highest BCUT2D eigenvalue weighted by Crippen LogP contribution is 2.54. The molecule has 3 aliphatic rings. The Balaban J connectivity index is 1.10. The zero-order chi connectivity index (χ0) is 48.7. The van der Waals surface area contributed by atoms with E-state index in [-0.39, 0.29) is 53.3 Å². The van der Waals surface area contributed by atoms with Crippen LogP contribution in [0.3, 0.4) is 0 Å². The molecule has 0 unspecified atom stereocenters. The van der Waals surface area contributed by atoms with Crippen LogP contribution < -0.4 is 24.6 Å². The molecule has 0 aliphatic heterocycles. The van der Waals surface area contributed by atoms with Gasteiger partial charge in [-0.15, -0.1) is 0 Å². The molecule has 3 saturated carbocycles. The Kier molecular flexibility index (Phi) is 15.9. The van der Waals surface area contributed by atoms with Crippen molar-refractivity contribution in [2.75, 3.05) is 13.2 Å². The van der Waals surface area contributed by atoms with Crippen LogP contribution in [0.4, 0.5) is 8.78 Å². The van der Waals surface area contributed by atoms with Gasteiger partial charge < -0.3 is 29.4 Å². The zero-order valence-electron chi connectivity index (χ0n) is 38.1. The predicted molar refractivity (Wildman–Crippen MR) is 253 cm³/mol. The van der Waals surface area contributed by atoms with Gasteiger partial charge in [-0.2, -0.15) is 0 Å². The van der Waals surface area contributed by atoms with Crippen molar-refractivity contribution in [2.45, 2.75) is 102 Å². The van der Waals surface area contributed by atoms with Gasteiger partial charge in [-0.3, -0.25) is 23.4 Å². The van der Waals surface area contributed by atoms with Gasteiger partial charge in [0.05, 0.1) is 35.2 Å². The van der Waals surface area contributed by atoms with E-state index in [2.05, 4.69) is 10.6 Å². The van der Waals surface area contributed by atoms with Crippen molar-refractivity contribution in [1.29, 1.82) is 0 Å². The van der Waals surface area contributed by atoms with Crippen LogP contribution in [0.15, 0.2) is 109 Å². The van der Waals surface area contributed by atoms with E-state index in [1.54, 1.807) is 6.07 Å². The molecule has 5 aromatic rings. The molecule has 2 N–H and O–H groups in total. The van der Waals surface area contributed by atoms with Crippen LogP contribution in [0.2, 0.25) is 10.0 Å². The molecule has 8 rings (SSSR count). The zero-order valence-corrected chi connectivity index (χ0v) is 40.5. The summed E-state index contributed by atoms with van der Waals surface area (Å²) in [5, 5.41) is 5.96. The minimum Gasteiger partial charge on any atom is -0.484 e. The average molecular weight is 994 g/mol. The normalized spacial score (nSPS) is 18.9. The van der Waals surface area contributed by atoms with E-state index in [0.717, 1.165) is 34.4 Å². The first-order valence-electron chi connectivity index (χ1n) is 22.1. The monoisotopic (exact) mass is 992 g/mol. The number of halogens is 4. The Bertz CT molecular complexity index is 2620. The van der Waals surface area contributed by atoms with Crippen molar-refractivity contribution in [2.24, 2.45) is 0 Å². The van der Waals surface area contributed by atoms with Crippen molar-refractivity contribution in [3.63, 3.8) is 0 Å². The Morgan fingerprint density at radius 3 is 1.75 bits per heavy atom. The maximum Gasteiger partial charge on any atom is 0.530 e. The summed E-state index contributed by atoms with van der Waals surface area (Å²) in [6.45, 7) is 6.40. The molecule has 5 aromatic carbocycles. The lowest BCUT2D eigenvalue weighted by molar-refractivity contribution is -0.168. The van der Waals surface area contributed by atoms with Crippen LogP contribution in [-0.2, 0) is 51.4 Å². The standard InChI is InChI=1S/C51H53Cl2F2N2O10P/c1-33-23-34(2)48(43(24-33)67-68(61,64-29-35-11-7-5-8-12-35)65-30-36-13-9-6-10-14-36)49(3,4)28-47(60)66-44-27-50(56-45(58)31-62-37-15-17-39(52)41(54)25-37)19-21-51(44,22-20-50)57-46(59)32-63-38-16-18-40(53)42(55)26-38/h5-18,23-26,44H,19-22,27-32H2,1-4H3,(H,56,58)(H,57,59)/t44-,50?,51?/m0/s1. The van der Waals surface area contributed by atoms with Crippen molar-refractivity contribution in [3.05, 3.63) is 159 Å². The summed E-state index contributed by atoms with van der Waals surface area (Å²) in [7, 11) is -4.33. The molecule has 1 atom stereocenters. The lowest BCUT2D eigenvalue weighted by Crippen LogP contribution is -2.71. The molecule has 68 heavy (non-hydrogen) atoms. The molecular formula is C51H53Cl2F2N2O10P. The molecule has 0 aromatic heterocycles. The van der Waals surface area contributed by atoms with Gasteiger partial charge in [-0.05, 0) is 92.1 Å². The Hall–Kier alpha value is -5.50. The maximum absolute atomic E-state index is 14.6. The van der Waals surface area contributed by atoms with E-state index in [4.69, 9.17) is 51.0 Å². The molecule has 0 saturated heterocycles. The molecule has 0 heterocycles. The van der Waals surface area contributed by atoms with E-state index in [0.29, 0.717) is 31.2 Å². The van der Waals surface area contributed by atoms with E-state index >= 15 is 0 Å². The van der Waals surface area contributed by atoms with E-state index in [1.165, 1.54) is 24.3 Å². The number of nitrogens with one attached hydrogen (secondary N) is 2. The first-order valence-corrected chi connectivity index (χ1v) is 24.3. The molecule has 3 fully saturated rings. The SMILES string of the molecule is Cc1cc(C)c(C(C)(C)CC(=O)O[C@H]2CC3(NC(=O)COc4ccc(Cl)c(F)c4)CCC2(NC(=O)COc2ccc(Cl)c(F)c2)CC3)c(OP(=O)(OCc2ccccc2)OCc2ccccc2)c1. The van der Waals surface area contributed by atoms with E-state index in [1.807, 2.05) is 94.4 Å².